The van der Waals surface area contributed by atoms with Gasteiger partial charge >= 0.3 is 5.97 Å². The van der Waals surface area contributed by atoms with Gasteiger partial charge in [0.25, 0.3) is 0 Å². The van der Waals surface area contributed by atoms with Crippen molar-refractivity contribution in [1.82, 2.24) is 0 Å². The number of anilines is 1. The number of benzene rings is 1. The van der Waals surface area contributed by atoms with Gasteiger partial charge in [0, 0.05) is 5.69 Å². The molecule has 4 heteroatoms. The lowest BCUT2D eigenvalue weighted by atomic mass is 10.2. The monoisotopic (exact) mass is 209 g/mol. The normalized spacial score (nSPS) is 8.67. The number of aryl methyl sites for hydroxylation is 1. The molecule has 0 aliphatic carbocycles. The number of ketones is 1. The van der Waals surface area contributed by atoms with Crippen molar-refractivity contribution in [3.63, 3.8) is 0 Å². The summed E-state index contributed by atoms with van der Waals surface area (Å²) in [5.74, 6) is -1.37. The van der Waals surface area contributed by atoms with Gasteiger partial charge in [0.2, 0.25) is 0 Å². The summed E-state index contributed by atoms with van der Waals surface area (Å²) < 4.78 is 0. The van der Waals surface area contributed by atoms with Gasteiger partial charge in [0.1, 0.15) is 12.2 Å². The van der Waals surface area contributed by atoms with E-state index in [9.17, 15) is 9.59 Å². The Morgan fingerprint density at radius 3 is 2.07 bits per heavy atom. The fourth-order valence-electron chi connectivity index (χ4n) is 0.800. The van der Waals surface area contributed by atoms with E-state index in [1.165, 1.54) is 6.92 Å². The largest absolute Gasteiger partial charge is 0.481 e. The summed E-state index contributed by atoms with van der Waals surface area (Å²) in [4.78, 5) is 19.5. The van der Waals surface area contributed by atoms with Crippen LogP contribution in [-0.4, -0.2) is 16.9 Å². The maximum Gasteiger partial charge on any atom is 0.310 e. The van der Waals surface area contributed by atoms with Crippen LogP contribution in [0.2, 0.25) is 0 Å². The number of nitrogens with two attached hydrogens (primary N) is 1. The van der Waals surface area contributed by atoms with Crippen LogP contribution in [0.15, 0.2) is 24.3 Å². The predicted octanol–water partition coefficient (Wildman–Crippen LogP) is 1.63. The number of hydrogen-bond donors (Lipinski definition) is 2. The predicted molar refractivity (Wildman–Crippen MR) is 58.5 cm³/mol. The molecule has 3 N–H and O–H groups in total. The zero-order chi connectivity index (χ0) is 11.8. The number of nitrogen functional groups attached to an aromatic ring is 1. The number of rotatable bonds is 2. The Kier molecular flexibility index (Phi) is 5.78. The molecule has 1 rings (SSSR count). The van der Waals surface area contributed by atoms with E-state index in [-0.39, 0.29) is 12.2 Å². The van der Waals surface area contributed by atoms with E-state index in [0.717, 1.165) is 11.3 Å². The summed E-state index contributed by atoms with van der Waals surface area (Å²) in [6, 6.07) is 7.80. The van der Waals surface area contributed by atoms with Crippen LogP contribution in [0.5, 0.6) is 0 Å². The van der Waals surface area contributed by atoms with Gasteiger partial charge in [-0.15, -0.1) is 0 Å². The molecule has 0 heterocycles. The van der Waals surface area contributed by atoms with Gasteiger partial charge < -0.3 is 10.8 Å². The lowest BCUT2D eigenvalue weighted by molar-refractivity contribution is -0.139. The molecule has 0 unspecified atom stereocenters. The molecule has 0 aromatic heterocycles. The van der Waals surface area contributed by atoms with Crippen molar-refractivity contribution in [3.05, 3.63) is 29.8 Å². The maximum atomic E-state index is 9.87. The Hall–Kier alpha value is -1.84. The number of carbonyl (C=O) groups excluding carboxylic acids is 1. The third-order valence-electron chi connectivity index (χ3n) is 1.59. The van der Waals surface area contributed by atoms with E-state index < -0.39 is 5.97 Å². The molecule has 0 bridgehead atoms. The zero-order valence-corrected chi connectivity index (χ0v) is 8.86. The fraction of sp³-hybridized carbons (Fsp3) is 0.273. The van der Waals surface area contributed by atoms with Crippen LogP contribution in [0, 0.1) is 6.92 Å². The molecule has 15 heavy (non-hydrogen) atoms. The van der Waals surface area contributed by atoms with Gasteiger partial charge in [0.15, 0.2) is 0 Å². The van der Waals surface area contributed by atoms with E-state index in [2.05, 4.69) is 0 Å². The standard InChI is InChI=1S/C7H9N.C4H6O3/c1-6-4-2-3-5-7(6)8;1-3(5)2-4(6)7/h2-5H,8H2,1H3;2H2,1H3,(H,6,7). The Morgan fingerprint density at radius 1 is 1.33 bits per heavy atom. The minimum absolute atomic E-state index is 0.312. The quantitative estimate of drug-likeness (QED) is 0.573. The summed E-state index contributed by atoms with van der Waals surface area (Å²) in [6.07, 6.45) is -0.361. The number of para-hydroxylation sites is 1. The van der Waals surface area contributed by atoms with Crippen molar-refractivity contribution in [1.29, 1.82) is 0 Å². The molecule has 4 nitrogen and oxygen atoms in total. The Morgan fingerprint density at radius 2 is 1.87 bits per heavy atom. The first-order valence-corrected chi connectivity index (χ1v) is 4.45. The average Bonchev–Trinajstić information content (AvgIpc) is 2.08. The van der Waals surface area contributed by atoms with Crippen molar-refractivity contribution in [2.24, 2.45) is 0 Å². The highest BCUT2D eigenvalue weighted by Gasteiger charge is 1.98. The van der Waals surface area contributed by atoms with Gasteiger partial charge in [0.05, 0.1) is 0 Å². The first-order chi connectivity index (χ1) is 6.93. The third kappa shape index (κ3) is 7.25. The van der Waals surface area contributed by atoms with Gasteiger partial charge in [-0.3, -0.25) is 9.59 Å². The van der Waals surface area contributed by atoms with E-state index in [1.54, 1.807) is 0 Å². The van der Waals surface area contributed by atoms with Crippen molar-refractivity contribution in [2.75, 3.05) is 5.73 Å². The minimum atomic E-state index is -1.06. The molecule has 0 radical (unpaired) electrons. The van der Waals surface area contributed by atoms with Gasteiger partial charge in [-0.05, 0) is 25.5 Å². The lowest BCUT2D eigenvalue weighted by Gasteiger charge is -1.93. The minimum Gasteiger partial charge on any atom is -0.481 e. The van der Waals surface area contributed by atoms with E-state index >= 15 is 0 Å². The SMILES string of the molecule is CC(=O)CC(=O)O.Cc1ccccc1N. The highest BCUT2D eigenvalue weighted by Crippen LogP contribution is 2.06. The number of carboxylic acids is 1. The molecule has 0 spiro atoms. The molecule has 0 atom stereocenters. The molecule has 0 saturated heterocycles. The highest BCUT2D eigenvalue weighted by molar-refractivity contribution is 5.93. The fourth-order valence-corrected chi connectivity index (χ4v) is 0.800. The van der Waals surface area contributed by atoms with Crippen LogP contribution in [0.3, 0.4) is 0 Å². The molecule has 82 valence electrons. The molecule has 0 aliphatic rings. The molecule has 1 aromatic carbocycles. The second-order valence-corrected chi connectivity index (χ2v) is 3.13. The number of aliphatic carboxylic acids is 1. The van der Waals surface area contributed by atoms with Gasteiger partial charge in [-0.2, -0.15) is 0 Å². The molecule has 0 saturated carbocycles. The second-order valence-electron chi connectivity index (χ2n) is 3.13. The summed E-state index contributed by atoms with van der Waals surface area (Å²) in [5.41, 5.74) is 7.53. The lowest BCUT2D eigenvalue weighted by Crippen LogP contribution is -2.00. The van der Waals surface area contributed by atoms with Crippen LogP contribution in [0.1, 0.15) is 18.9 Å². The number of carbonyl (C=O) groups is 2. The van der Waals surface area contributed by atoms with E-state index in [4.69, 9.17) is 10.8 Å². The topological polar surface area (TPSA) is 80.4 Å². The number of hydrogen-bond acceptors (Lipinski definition) is 3. The Balaban J connectivity index is 0.000000265. The molecular formula is C11H15NO3. The molecule has 0 aliphatic heterocycles. The first kappa shape index (κ1) is 13.2. The molecule has 0 amide bonds. The molecule has 0 fully saturated rings. The molecule has 1 aromatic rings. The highest BCUT2D eigenvalue weighted by atomic mass is 16.4. The van der Waals surface area contributed by atoms with Crippen molar-refractivity contribution >= 4 is 17.4 Å². The third-order valence-corrected chi connectivity index (χ3v) is 1.59. The van der Waals surface area contributed by atoms with Crippen molar-refractivity contribution in [3.8, 4) is 0 Å². The Labute approximate surface area is 88.7 Å². The number of carboxylic acid groups (broad SMARTS) is 1. The van der Waals surface area contributed by atoms with Crippen LogP contribution in [-0.2, 0) is 9.59 Å². The van der Waals surface area contributed by atoms with Crippen LogP contribution < -0.4 is 5.73 Å². The smallest absolute Gasteiger partial charge is 0.310 e. The Bertz CT molecular complexity index is 314. The van der Waals surface area contributed by atoms with Gasteiger partial charge in [-0.1, -0.05) is 18.2 Å². The maximum absolute atomic E-state index is 9.87. The number of Topliss-reactive ketones (excluding diaryl/α,β-unsaturated/α-hetero) is 1. The summed E-state index contributed by atoms with van der Waals surface area (Å²) in [6.45, 7) is 3.24. The van der Waals surface area contributed by atoms with Gasteiger partial charge in [-0.25, -0.2) is 0 Å². The van der Waals surface area contributed by atoms with Crippen molar-refractivity contribution in [2.45, 2.75) is 20.3 Å². The van der Waals surface area contributed by atoms with Crippen molar-refractivity contribution < 1.29 is 14.7 Å². The van der Waals surface area contributed by atoms with Crippen LogP contribution in [0.4, 0.5) is 5.69 Å². The summed E-state index contributed by atoms with van der Waals surface area (Å²) >= 11 is 0. The first-order valence-electron chi connectivity index (χ1n) is 4.45. The summed E-state index contributed by atoms with van der Waals surface area (Å²) in [7, 11) is 0. The molecular weight excluding hydrogens is 194 g/mol. The van der Waals surface area contributed by atoms with E-state index in [0.29, 0.717) is 0 Å². The van der Waals surface area contributed by atoms with Crippen LogP contribution >= 0.6 is 0 Å². The average molecular weight is 209 g/mol. The zero-order valence-electron chi connectivity index (χ0n) is 8.86. The second kappa shape index (κ2) is 6.59. The van der Waals surface area contributed by atoms with Crippen LogP contribution in [0.25, 0.3) is 0 Å². The summed E-state index contributed by atoms with van der Waals surface area (Å²) in [5, 5.41) is 7.86. The van der Waals surface area contributed by atoms with E-state index in [1.807, 2.05) is 31.2 Å².